The molecule has 0 atom stereocenters. The highest BCUT2D eigenvalue weighted by Gasteiger charge is 2.31. The molecule has 1 saturated heterocycles. The number of carbonyl (C=O) groups excluding carboxylic acids is 1. The smallest absolute Gasteiger partial charge is 0.303 e. The number of amides is 1. The maximum absolute atomic E-state index is 12.7. The van der Waals surface area contributed by atoms with Crippen LogP contribution in [0.15, 0.2) is 41.3 Å². The Morgan fingerprint density at radius 1 is 1.27 bits per heavy atom. The van der Waals surface area contributed by atoms with Crippen molar-refractivity contribution in [1.82, 2.24) is 9.88 Å². The second-order valence-electron chi connectivity index (χ2n) is 7.06. The zero-order valence-corrected chi connectivity index (χ0v) is 18.3. The number of nitrogen functional groups attached to an aromatic ring is 1. The molecule has 2 aromatic rings. The van der Waals surface area contributed by atoms with Gasteiger partial charge >= 0.3 is 5.97 Å². The van der Waals surface area contributed by atoms with Gasteiger partial charge in [-0.2, -0.15) is 0 Å². The van der Waals surface area contributed by atoms with E-state index >= 15 is 0 Å². The average Bonchev–Trinajstić information content (AvgIpc) is 2.97. The van der Waals surface area contributed by atoms with Crippen LogP contribution in [0.25, 0.3) is 17.3 Å². The van der Waals surface area contributed by atoms with Gasteiger partial charge in [0.1, 0.15) is 4.32 Å². The van der Waals surface area contributed by atoms with E-state index in [1.807, 2.05) is 43.3 Å². The van der Waals surface area contributed by atoms with E-state index in [0.29, 0.717) is 33.6 Å². The number of aryl methyl sites for hydroxylation is 1. The van der Waals surface area contributed by atoms with Gasteiger partial charge < -0.3 is 10.8 Å². The first-order chi connectivity index (χ1) is 14.3. The van der Waals surface area contributed by atoms with E-state index in [0.717, 1.165) is 29.7 Å². The molecular formula is C22H23N3O3S2. The number of anilines is 1. The van der Waals surface area contributed by atoms with Crippen LogP contribution in [0.2, 0.25) is 0 Å². The molecule has 6 nitrogen and oxygen atoms in total. The standard InChI is InChI=1S/C22H23N3O3S2/c1-14-9-10-15(12-17(14)23)18-7-5-6-16(24-18)13-19-21(28)25(22(29)30-19)11-4-2-3-8-20(26)27/h5-7,9-10,12-13H,2-4,8,11,23H2,1H3,(H,26,27)/b19-13-. The van der Waals surface area contributed by atoms with Crippen molar-refractivity contribution in [3.63, 3.8) is 0 Å². The van der Waals surface area contributed by atoms with Crippen molar-refractivity contribution in [2.75, 3.05) is 12.3 Å². The largest absolute Gasteiger partial charge is 0.481 e. The van der Waals surface area contributed by atoms with Crippen LogP contribution in [-0.2, 0) is 9.59 Å². The average molecular weight is 442 g/mol. The van der Waals surface area contributed by atoms with Crippen LogP contribution in [0.1, 0.15) is 36.9 Å². The summed E-state index contributed by atoms with van der Waals surface area (Å²) in [6.45, 7) is 2.45. The minimum atomic E-state index is -0.799. The first kappa shape index (κ1) is 22.0. The third-order valence-electron chi connectivity index (χ3n) is 4.77. The van der Waals surface area contributed by atoms with Gasteiger partial charge in [-0.05, 0) is 49.6 Å². The van der Waals surface area contributed by atoms with Crippen LogP contribution in [-0.4, -0.2) is 37.7 Å². The highest BCUT2D eigenvalue weighted by atomic mass is 32.2. The summed E-state index contributed by atoms with van der Waals surface area (Å²) < 4.78 is 0.520. The van der Waals surface area contributed by atoms with Gasteiger partial charge in [-0.25, -0.2) is 4.98 Å². The van der Waals surface area contributed by atoms with Gasteiger partial charge in [0.2, 0.25) is 0 Å². The predicted octanol–water partition coefficient (Wildman–Crippen LogP) is 4.49. The summed E-state index contributed by atoms with van der Waals surface area (Å²) in [7, 11) is 0. The molecule has 0 unspecified atom stereocenters. The fraction of sp³-hybridized carbons (Fsp3) is 0.273. The van der Waals surface area contributed by atoms with Crippen molar-refractivity contribution in [2.45, 2.75) is 32.6 Å². The molecule has 1 fully saturated rings. The highest BCUT2D eigenvalue weighted by molar-refractivity contribution is 8.26. The molecule has 0 spiro atoms. The minimum absolute atomic E-state index is 0.130. The summed E-state index contributed by atoms with van der Waals surface area (Å²) in [6, 6.07) is 11.5. The first-order valence-electron chi connectivity index (χ1n) is 9.66. The Bertz CT molecular complexity index is 1020. The van der Waals surface area contributed by atoms with Crippen LogP contribution >= 0.6 is 24.0 Å². The lowest BCUT2D eigenvalue weighted by molar-refractivity contribution is -0.137. The highest BCUT2D eigenvalue weighted by Crippen LogP contribution is 2.33. The van der Waals surface area contributed by atoms with Gasteiger partial charge in [0.25, 0.3) is 5.91 Å². The number of carboxylic acids is 1. The van der Waals surface area contributed by atoms with Crippen molar-refractivity contribution in [3.8, 4) is 11.3 Å². The number of nitrogens with zero attached hydrogens (tertiary/aromatic N) is 2. The number of pyridine rings is 1. The van der Waals surface area contributed by atoms with Crippen molar-refractivity contribution in [2.24, 2.45) is 0 Å². The number of aromatic nitrogens is 1. The number of carbonyl (C=O) groups is 2. The third kappa shape index (κ3) is 5.46. The molecular weight excluding hydrogens is 418 g/mol. The van der Waals surface area contributed by atoms with E-state index in [4.69, 9.17) is 23.1 Å². The maximum Gasteiger partial charge on any atom is 0.303 e. The Labute approximate surface area is 185 Å². The number of hydrogen-bond donors (Lipinski definition) is 2. The number of hydrogen-bond acceptors (Lipinski definition) is 6. The van der Waals surface area contributed by atoms with E-state index in [9.17, 15) is 9.59 Å². The molecule has 3 rings (SSSR count). The Hall–Kier alpha value is -2.71. The number of carboxylic acid groups (broad SMARTS) is 1. The molecule has 1 aliphatic rings. The lowest BCUT2D eigenvalue weighted by Crippen LogP contribution is -2.29. The number of thioether (sulfide) groups is 1. The molecule has 3 N–H and O–H groups in total. The Balaban J connectivity index is 1.69. The zero-order chi connectivity index (χ0) is 21.7. The van der Waals surface area contributed by atoms with Crippen LogP contribution in [0.3, 0.4) is 0 Å². The zero-order valence-electron chi connectivity index (χ0n) is 16.6. The van der Waals surface area contributed by atoms with Crippen molar-refractivity contribution >= 4 is 51.9 Å². The molecule has 0 bridgehead atoms. The predicted molar refractivity (Wildman–Crippen MR) is 125 cm³/mol. The monoisotopic (exact) mass is 441 g/mol. The van der Waals surface area contributed by atoms with Crippen molar-refractivity contribution in [3.05, 3.63) is 52.6 Å². The fourth-order valence-electron chi connectivity index (χ4n) is 3.04. The Morgan fingerprint density at radius 3 is 2.80 bits per heavy atom. The molecule has 1 aromatic heterocycles. The second-order valence-corrected chi connectivity index (χ2v) is 8.73. The number of unbranched alkanes of at least 4 members (excludes halogenated alkanes) is 2. The van der Waals surface area contributed by atoms with Crippen molar-refractivity contribution in [1.29, 1.82) is 0 Å². The Kier molecular flexibility index (Phi) is 7.23. The van der Waals surface area contributed by atoms with E-state index in [2.05, 4.69) is 4.98 Å². The van der Waals surface area contributed by atoms with Gasteiger partial charge in [0.05, 0.1) is 16.3 Å². The van der Waals surface area contributed by atoms with Crippen LogP contribution in [0, 0.1) is 6.92 Å². The summed E-state index contributed by atoms with van der Waals surface area (Å²) in [6.07, 6.45) is 3.96. The molecule has 2 heterocycles. The summed E-state index contributed by atoms with van der Waals surface area (Å²) in [5.74, 6) is -0.929. The van der Waals surface area contributed by atoms with Gasteiger partial charge in [0.15, 0.2) is 0 Å². The SMILES string of the molecule is Cc1ccc(-c2cccc(/C=C3\SC(=S)N(CCCCCC(=O)O)C3=O)n2)cc1N. The van der Waals surface area contributed by atoms with Gasteiger partial charge in [0, 0.05) is 24.2 Å². The lowest BCUT2D eigenvalue weighted by Gasteiger charge is -2.13. The summed E-state index contributed by atoms with van der Waals surface area (Å²) in [5, 5.41) is 8.69. The molecule has 8 heteroatoms. The quantitative estimate of drug-likeness (QED) is 0.270. The number of rotatable bonds is 8. The maximum atomic E-state index is 12.7. The van der Waals surface area contributed by atoms with E-state index in [1.165, 1.54) is 11.8 Å². The molecule has 1 aliphatic heterocycles. The van der Waals surface area contributed by atoms with Gasteiger partial charge in [-0.1, -0.05) is 48.6 Å². The van der Waals surface area contributed by atoms with Gasteiger partial charge in [-0.3, -0.25) is 14.5 Å². The fourth-order valence-corrected chi connectivity index (χ4v) is 4.34. The summed E-state index contributed by atoms with van der Waals surface area (Å²) in [4.78, 5) is 30.1. The molecule has 1 aromatic carbocycles. The number of benzene rings is 1. The normalized spacial score (nSPS) is 15.2. The lowest BCUT2D eigenvalue weighted by atomic mass is 10.1. The minimum Gasteiger partial charge on any atom is -0.481 e. The van der Waals surface area contributed by atoms with Crippen LogP contribution in [0.4, 0.5) is 5.69 Å². The molecule has 1 amide bonds. The van der Waals surface area contributed by atoms with Crippen LogP contribution < -0.4 is 5.73 Å². The topological polar surface area (TPSA) is 96.5 Å². The van der Waals surface area contributed by atoms with Crippen LogP contribution in [0.5, 0.6) is 0 Å². The molecule has 30 heavy (non-hydrogen) atoms. The first-order valence-corrected chi connectivity index (χ1v) is 10.9. The van der Waals surface area contributed by atoms with E-state index < -0.39 is 5.97 Å². The van der Waals surface area contributed by atoms with E-state index in [-0.39, 0.29) is 12.3 Å². The molecule has 0 radical (unpaired) electrons. The van der Waals surface area contributed by atoms with Crippen molar-refractivity contribution < 1.29 is 14.7 Å². The number of thiocarbonyl (C=S) groups is 1. The molecule has 0 saturated carbocycles. The second kappa shape index (κ2) is 9.86. The van der Waals surface area contributed by atoms with Gasteiger partial charge in [-0.15, -0.1) is 0 Å². The third-order valence-corrected chi connectivity index (χ3v) is 6.15. The Morgan fingerprint density at radius 2 is 2.07 bits per heavy atom. The van der Waals surface area contributed by atoms with E-state index in [1.54, 1.807) is 11.0 Å². The molecule has 156 valence electrons. The summed E-state index contributed by atoms with van der Waals surface area (Å²) >= 11 is 6.62. The number of aliphatic carboxylic acids is 1. The number of nitrogens with two attached hydrogens (primary N) is 1. The summed E-state index contributed by atoms with van der Waals surface area (Å²) in [5.41, 5.74) is 10.1. The molecule has 0 aliphatic carbocycles.